The zero-order valence-corrected chi connectivity index (χ0v) is 22.0. The Kier molecular flexibility index (Phi) is 5.76. The van der Waals surface area contributed by atoms with Gasteiger partial charge in [-0.1, -0.05) is 18.2 Å². The summed E-state index contributed by atoms with van der Waals surface area (Å²) in [5, 5.41) is 13.1. The van der Waals surface area contributed by atoms with Gasteiger partial charge in [0.1, 0.15) is 5.69 Å². The minimum Gasteiger partial charge on any atom is -0.347 e. The Hall–Kier alpha value is -3.36. The van der Waals surface area contributed by atoms with Crippen LogP contribution in [0.4, 0.5) is 0 Å². The number of nitrogens with one attached hydrogen (secondary N) is 1. The molecular weight excluding hydrogens is 462 g/mol. The zero-order valence-electron chi connectivity index (χ0n) is 22.0. The first-order valence-electron chi connectivity index (χ1n) is 13.3. The standard InChI is InChI=1S/C29H35N7O/c1-17(35-14-13-21(30)16-35)20-9-12-24-33-34-27(36(24)15-20)23-11-8-19-7-10-22(28(37)32-29(2,3)4)25(18-5-6-18)26(19)31-23/h7-12,15,17-18,21H,5-6,13-14,16,30H2,1-4H3,(H,32,37)/t17-,21-/m0/s1. The number of pyridine rings is 2. The molecule has 8 heteroatoms. The van der Waals surface area contributed by atoms with Crippen molar-refractivity contribution in [3.05, 3.63) is 59.3 Å². The molecule has 8 nitrogen and oxygen atoms in total. The summed E-state index contributed by atoms with van der Waals surface area (Å²) in [6.07, 6.45) is 5.32. The van der Waals surface area contributed by atoms with Crippen molar-refractivity contribution < 1.29 is 4.79 Å². The lowest BCUT2D eigenvalue weighted by Crippen LogP contribution is -2.41. The van der Waals surface area contributed by atoms with Crippen molar-refractivity contribution in [3.63, 3.8) is 0 Å². The average molecular weight is 498 g/mol. The lowest BCUT2D eigenvalue weighted by Gasteiger charge is -2.24. The predicted molar refractivity (Wildman–Crippen MR) is 145 cm³/mol. The second-order valence-corrected chi connectivity index (χ2v) is 11.7. The summed E-state index contributed by atoms with van der Waals surface area (Å²) in [7, 11) is 0. The molecule has 3 N–H and O–H groups in total. The molecule has 37 heavy (non-hydrogen) atoms. The van der Waals surface area contributed by atoms with Crippen molar-refractivity contribution in [2.24, 2.45) is 5.73 Å². The lowest BCUT2D eigenvalue weighted by molar-refractivity contribution is 0.0918. The van der Waals surface area contributed by atoms with Crippen molar-refractivity contribution in [1.29, 1.82) is 0 Å². The topological polar surface area (TPSA) is 101 Å². The zero-order chi connectivity index (χ0) is 25.9. The molecule has 2 aliphatic rings. The van der Waals surface area contributed by atoms with Crippen LogP contribution < -0.4 is 11.1 Å². The molecule has 6 rings (SSSR count). The van der Waals surface area contributed by atoms with E-state index in [1.165, 1.54) is 5.56 Å². The number of carbonyl (C=O) groups excluding carboxylic acids is 1. The summed E-state index contributed by atoms with van der Waals surface area (Å²) >= 11 is 0. The maximum atomic E-state index is 13.2. The van der Waals surface area contributed by atoms with E-state index in [0.29, 0.717) is 11.7 Å². The molecular formula is C29H35N7O. The van der Waals surface area contributed by atoms with Gasteiger partial charge in [-0.05, 0) is 82.2 Å². The van der Waals surface area contributed by atoms with Crippen LogP contribution in [-0.4, -0.2) is 55.1 Å². The monoisotopic (exact) mass is 497 g/mol. The molecule has 1 amide bonds. The number of carbonyl (C=O) groups is 1. The van der Waals surface area contributed by atoms with Crippen molar-refractivity contribution >= 4 is 22.5 Å². The van der Waals surface area contributed by atoms with Crippen LogP contribution in [0.15, 0.2) is 42.6 Å². The second-order valence-electron chi connectivity index (χ2n) is 11.7. The van der Waals surface area contributed by atoms with Gasteiger partial charge in [0, 0.05) is 47.9 Å². The molecule has 4 aromatic rings. The number of rotatable bonds is 5. The molecule has 192 valence electrons. The summed E-state index contributed by atoms with van der Waals surface area (Å²) in [6, 6.07) is 12.7. The maximum absolute atomic E-state index is 13.2. The van der Waals surface area contributed by atoms with E-state index < -0.39 is 0 Å². The molecule has 0 radical (unpaired) electrons. The lowest BCUT2D eigenvalue weighted by atomic mass is 9.97. The minimum absolute atomic E-state index is 0.0447. The second kappa shape index (κ2) is 8.89. The van der Waals surface area contributed by atoms with Crippen LogP contribution in [0.2, 0.25) is 0 Å². The average Bonchev–Trinajstić information content (AvgIpc) is 3.46. The summed E-state index contributed by atoms with van der Waals surface area (Å²) in [4.78, 5) is 20.7. The SMILES string of the molecule is C[C@@H](c1ccc2nnc(-c3ccc4ccc(C(=O)NC(C)(C)C)c(C5CC5)c4n3)n2c1)N1CC[C@H](N)C1. The minimum atomic E-state index is -0.308. The smallest absolute Gasteiger partial charge is 0.252 e. The number of fused-ring (bicyclic) bond motifs is 2. The highest BCUT2D eigenvalue weighted by Gasteiger charge is 2.32. The Bertz CT molecular complexity index is 1500. The summed E-state index contributed by atoms with van der Waals surface area (Å²) < 4.78 is 2.03. The molecule has 1 aromatic carbocycles. The summed E-state index contributed by atoms with van der Waals surface area (Å²) in [5.74, 6) is 1.02. The van der Waals surface area contributed by atoms with E-state index in [1.54, 1.807) is 0 Å². The van der Waals surface area contributed by atoms with Gasteiger partial charge in [-0.25, -0.2) is 4.98 Å². The Morgan fingerprint density at radius 3 is 2.57 bits per heavy atom. The molecule has 1 saturated heterocycles. The van der Waals surface area contributed by atoms with Gasteiger partial charge in [-0.15, -0.1) is 10.2 Å². The van der Waals surface area contributed by atoms with Gasteiger partial charge in [-0.3, -0.25) is 14.1 Å². The molecule has 1 aliphatic carbocycles. The first-order valence-corrected chi connectivity index (χ1v) is 13.3. The molecule has 2 fully saturated rings. The molecule has 0 bridgehead atoms. The van der Waals surface area contributed by atoms with Gasteiger partial charge < -0.3 is 11.1 Å². The van der Waals surface area contributed by atoms with E-state index in [0.717, 1.165) is 65.7 Å². The molecule has 0 unspecified atom stereocenters. The quantitative estimate of drug-likeness (QED) is 0.423. The highest BCUT2D eigenvalue weighted by atomic mass is 16.1. The van der Waals surface area contributed by atoms with Crippen LogP contribution in [0.1, 0.15) is 80.4 Å². The predicted octanol–water partition coefficient (Wildman–Crippen LogP) is 4.44. The third-order valence-corrected chi connectivity index (χ3v) is 7.56. The highest BCUT2D eigenvalue weighted by molar-refractivity contribution is 6.01. The van der Waals surface area contributed by atoms with E-state index >= 15 is 0 Å². The van der Waals surface area contributed by atoms with Gasteiger partial charge in [0.2, 0.25) is 0 Å². The highest BCUT2D eigenvalue weighted by Crippen LogP contribution is 2.45. The molecule has 1 saturated carbocycles. The van der Waals surface area contributed by atoms with E-state index in [1.807, 2.05) is 49.4 Å². The number of nitrogens with two attached hydrogens (primary N) is 1. The molecule has 4 heterocycles. The third kappa shape index (κ3) is 4.60. The van der Waals surface area contributed by atoms with Crippen LogP contribution in [0, 0.1) is 0 Å². The van der Waals surface area contributed by atoms with Crippen LogP contribution in [-0.2, 0) is 0 Å². The third-order valence-electron chi connectivity index (χ3n) is 7.56. The number of likely N-dealkylation sites (tertiary alicyclic amines) is 1. The number of amides is 1. The van der Waals surface area contributed by atoms with Crippen LogP contribution >= 0.6 is 0 Å². The summed E-state index contributed by atoms with van der Waals surface area (Å²) in [6.45, 7) is 10.2. The van der Waals surface area contributed by atoms with Crippen molar-refractivity contribution in [2.75, 3.05) is 13.1 Å². The van der Waals surface area contributed by atoms with Gasteiger partial charge in [0.05, 0.1) is 5.52 Å². The maximum Gasteiger partial charge on any atom is 0.252 e. The van der Waals surface area contributed by atoms with E-state index in [9.17, 15) is 4.79 Å². The van der Waals surface area contributed by atoms with E-state index in [4.69, 9.17) is 10.7 Å². The van der Waals surface area contributed by atoms with Gasteiger partial charge in [-0.2, -0.15) is 0 Å². The van der Waals surface area contributed by atoms with Crippen molar-refractivity contribution in [2.45, 2.75) is 70.5 Å². The van der Waals surface area contributed by atoms with Crippen LogP contribution in [0.3, 0.4) is 0 Å². The largest absolute Gasteiger partial charge is 0.347 e. The molecule has 1 aliphatic heterocycles. The first-order chi connectivity index (χ1) is 17.7. The van der Waals surface area contributed by atoms with E-state index in [2.05, 4.69) is 45.7 Å². The van der Waals surface area contributed by atoms with Crippen molar-refractivity contribution in [1.82, 2.24) is 29.8 Å². The molecule has 2 atom stereocenters. The van der Waals surface area contributed by atoms with Crippen LogP contribution in [0.5, 0.6) is 0 Å². The number of benzene rings is 1. The fraction of sp³-hybridized carbons (Fsp3) is 0.448. The Morgan fingerprint density at radius 1 is 1.08 bits per heavy atom. The fourth-order valence-corrected chi connectivity index (χ4v) is 5.43. The number of hydrogen-bond donors (Lipinski definition) is 2. The first kappa shape index (κ1) is 24.0. The molecule has 3 aromatic heterocycles. The molecule has 0 spiro atoms. The van der Waals surface area contributed by atoms with E-state index in [-0.39, 0.29) is 23.5 Å². The Balaban J connectivity index is 1.42. The summed E-state index contributed by atoms with van der Waals surface area (Å²) in [5.41, 5.74) is 11.2. The van der Waals surface area contributed by atoms with Gasteiger partial charge in [0.15, 0.2) is 11.5 Å². The number of aromatic nitrogens is 4. The Morgan fingerprint density at radius 2 is 1.86 bits per heavy atom. The van der Waals surface area contributed by atoms with Gasteiger partial charge in [0.25, 0.3) is 5.91 Å². The Labute approximate surface area is 217 Å². The fourth-order valence-electron chi connectivity index (χ4n) is 5.43. The van der Waals surface area contributed by atoms with Crippen LogP contribution in [0.25, 0.3) is 28.1 Å². The van der Waals surface area contributed by atoms with Gasteiger partial charge >= 0.3 is 0 Å². The normalized spacial score (nSPS) is 19.5. The number of hydrogen-bond acceptors (Lipinski definition) is 6. The number of nitrogens with zero attached hydrogens (tertiary/aromatic N) is 5. The van der Waals surface area contributed by atoms with Crippen molar-refractivity contribution in [3.8, 4) is 11.5 Å².